The summed E-state index contributed by atoms with van der Waals surface area (Å²) in [5, 5.41) is 0. The lowest BCUT2D eigenvalue weighted by molar-refractivity contribution is -0.145. The molecule has 1 aliphatic rings. The Labute approximate surface area is 127 Å². The van der Waals surface area contributed by atoms with Gasteiger partial charge in [0, 0.05) is 19.1 Å². The zero-order valence-electron chi connectivity index (χ0n) is 13.2. The van der Waals surface area contributed by atoms with Crippen LogP contribution in [0.5, 0.6) is 0 Å². The molecule has 21 heavy (non-hydrogen) atoms. The van der Waals surface area contributed by atoms with Crippen LogP contribution in [0.4, 0.5) is 0 Å². The molecule has 0 N–H and O–H groups in total. The minimum Gasteiger partial charge on any atom is -0.466 e. The van der Waals surface area contributed by atoms with Gasteiger partial charge < -0.3 is 9.47 Å². The highest BCUT2D eigenvalue weighted by Gasteiger charge is 2.27. The first kappa shape index (κ1) is 16.0. The SMILES string of the molecule is CCOC(=O)CC(c1cccc(C)c1C)N1CCOCC1. The largest absolute Gasteiger partial charge is 0.466 e. The number of nitrogens with zero attached hydrogens (tertiary/aromatic N) is 1. The number of benzene rings is 1. The van der Waals surface area contributed by atoms with Crippen molar-refractivity contribution in [1.82, 2.24) is 4.90 Å². The third-order valence-electron chi connectivity index (χ3n) is 4.16. The summed E-state index contributed by atoms with van der Waals surface area (Å²) >= 11 is 0. The van der Waals surface area contributed by atoms with E-state index in [2.05, 4.69) is 36.9 Å². The van der Waals surface area contributed by atoms with Gasteiger partial charge in [0.15, 0.2) is 0 Å². The van der Waals surface area contributed by atoms with Crippen LogP contribution < -0.4 is 0 Å². The van der Waals surface area contributed by atoms with Crippen LogP contribution in [0.1, 0.15) is 36.1 Å². The minimum atomic E-state index is -0.130. The molecule has 0 aromatic heterocycles. The van der Waals surface area contributed by atoms with E-state index in [4.69, 9.17) is 9.47 Å². The predicted molar refractivity (Wildman–Crippen MR) is 82.3 cm³/mol. The molecule has 1 aromatic carbocycles. The Balaban J connectivity index is 2.25. The quantitative estimate of drug-likeness (QED) is 0.782. The molecule has 4 heteroatoms. The van der Waals surface area contributed by atoms with Gasteiger partial charge in [0.05, 0.1) is 26.2 Å². The van der Waals surface area contributed by atoms with Crippen molar-refractivity contribution in [3.8, 4) is 0 Å². The van der Waals surface area contributed by atoms with E-state index < -0.39 is 0 Å². The number of carbonyl (C=O) groups is 1. The van der Waals surface area contributed by atoms with Crippen LogP contribution in [0.25, 0.3) is 0 Å². The van der Waals surface area contributed by atoms with Crippen molar-refractivity contribution in [1.29, 1.82) is 0 Å². The summed E-state index contributed by atoms with van der Waals surface area (Å²) in [5.41, 5.74) is 3.75. The summed E-state index contributed by atoms with van der Waals surface area (Å²) in [6, 6.07) is 6.38. The van der Waals surface area contributed by atoms with Crippen molar-refractivity contribution < 1.29 is 14.3 Å². The predicted octanol–water partition coefficient (Wildman–Crippen LogP) is 2.63. The van der Waals surface area contributed by atoms with E-state index >= 15 is 0 Å². The molecule has 116 valence electrons. The molecule has 0 aliphatic carbocycles. The molecule has 0 amide bonds. The second-order valence-electron chi connectivity index (χ2n) is 5.46. The number of rotatable bonds is 5. The Hall–Kier alpha value is -1.39. The lowest BCUT2D eigenvalue weighted by Crippen LogP contribution is -2.40. The van der Waals surface area contributed by atoms with Crippen LogP contribution in [0.2, 0.25) is 0 Å². The standard InChI is InChI=1S/C17H25NO3/c1-4-21-17(19)12-16(18-8-10-20-11-9-18)15-7-5-6-13(2)14(15)3/h5-7,16H,4,8-12H2,1-3H3. The van der Waals surface area contributed by atoms with Gasteiger partial charge in [0.25, 0.3) is 0 Å². The Morgan fingerprint density at radius 1 is 1.33 bits per heavy atom. The molecule has 0 radical (unpaired) electrons. The molecule has 2 rings (SSSR count). The Kier molecular flexibility index (Phi) is 5.76. The number of esters is 1. The molecule has 1 heterocycles. The average Bonchev–Trinajstić information content (AvgIpc) is 2.49. The number of hydrogen-bond donors (Lipinski definition) is 0. The number of aryl methyl sites for hydroxylation is 1. The maximum absolute atomic E-state index is 12.0. The lowest BCUT2D eigenvalue weighted by atomic mass is 9.94. The molecule has 1 unspecified atom stereocenters. The first-order valence-corrected chi connectivity index (χ1v) is 7.67. The topological polar surface area (TPSA) is 38.8 Å². The van der Waals surface area contributed by atoms with Crippen molar-refractivity contribution in [2.45, 2.75) is 33.2 Å². The molecular weight excluding hydrogens is 266 g/mol. The molecule has 1 fully saturated rings. The Morgan fingerprint density at radius 3 is 2.71 bits per heavy atom. The van der Waals surface area contributed by atoms with Gasteiger partial charge in [-0.15, -0.1) is 0 Å². The fraction of sp³-hybridized carbons (Fsp3) is 0.588. The molecule has 4 nitrogen and oxygen atoms in total. The van der Waals surface area contributed by atoms with Crippen molar-refractivity contribution in [3.63, 3.8) is 0 Å². The zero-order valence-corrected chi connectivity index (χ0v) is 13.2. The molecule has 1 saturated heterocycles. The van der Waals surface area contributed by atoms with Crippen molar-refractivity contribution in [2.75, 3.05) is 32.9 Å². The van der Waals surface area contributed by atoms with Gasteiger partial charge in [-0.3, -0.25) is 9.69 Å². The number of carbonyl (C=O) groups excluding carboxylic acids is 1. The Bertz CT molecular complexity index is 481. The van der Waals surface area contributed by atoms with Crippen molar-refractivity contribution in [2.24, 2.45) is 0 Å². The van der Waals surface area contributed by atoms with Crippen LogP contribution >= 0.6 is 0 Å². The van der Waals surface area contributed by atoms with Crippen LogP contribution in [0, 0.1) is 13.8 Å². The van der Waals surface area contributed by atoms with Gasteiger partial charge in [-0.25, -0.2) is 0 Å². The fourth-order valence-electron chi connectivity index (χ4n) is 2.84. The summed E-state index contributed by atoms with van der Waals surface area (Å²) in [6.07, 6.45) is 0.401. The van der Waals surface area contributed by atoms with Gasteiger partial charge in [0.2, 0.25) is 0 Å². The number of morpholine rings is 1. The molecule has 0 saturated carbocycles. The third-order valence-corrected chi connectivity index (χ3v) is 4.16. The molecule has 1 aromatic rings. The summed E-state index contributed by atoms with van der Waals surface area (Å²) in [7, 11) is 0. The zero-order chi connectivity index (χ0) is 15.2. The van der Waals surface area contributed by atoms with E-state index in [0.717, 1.165) is 26.3 Å². The second-order valence-corrected chi connectivity index (χ2v) is 5.46. The monoisotopic (exact) mass is 291 g/mol. The molecule has 1 aliphatic heterocycles. The van der Waals surface area contributed by atoms with Crippen molar-refractivity contribution >= 4 is 5.97 Å². The average molecular weight is 291 g/mol. The summed E-state index contributed by atoms with van der Waals surface area (Å²) in [4.78, 5) is 14.3. The minimum absolute atomic E-state index is 0.0767. The molecule has 1 atom stereocenters. The van der Waals surface area contributed by atoms with Gasteiger partial charge in [-0.05, 0) is 37.5 Å². The van der Waals surface area contributed by atoms with E-state index in [1.165, 1.54) is 16.7 Å². The van der Waals surface area contributed by atoms with E-state index in [1.54, 1.807) is 0 Å². The van der Waals surface area contributed by atoms with Crippen LogP contribution in [0.3, 0.4) is 0 Å². The van der Waals surface area contributed by atoms with Crippen molar-refractivity contribution in [3.05, 3.63) is 34.9 Å². The lowest BCUT2D eigenvalue weighted by Gasteiger charge is -2.35. The van der Waals surface area contributed by atoms with E-state index in [0.29, 0.717) is 13.0 Å². The summed E-state index contributed by atoms with van der Waals surface area (Å²) < 4.78 is 10.6. The number of hydrogen-bond acceptors (Lipinski definition) is 4. The van der Waals surface area contributed by atoms with Crippen LogP contribution in [0.15, 0.2) is 18.2 Å². The third kappa shape index (κ3) is 4.05. The van der Waals surface area contributed by atoms with Crippen LogP contribution in [-0.2, 0) is 14.3 Å². The number of ether oxygens (including phenoxy) is 2. The van der Waals surface area contributed by atoms with E-state index in [-0.39, 0.29) is 12.0 Å². The first-order valence-electron chi connectivity index (χ1n) is 7.67. The van der Waals surface area contributed by atoms with Gasteiger partial charge in [-0.1, -0.05) is 18.2 Å². The summed E-state index contributed by atoms with van der Waals surface area (Å²) in [5.74, 6) is -0.130. The highest BCUT2D eigenvalue weighted by atomic mass is 16.5. The maximum Gasteiger partial charge on any atom is 0.307 e. The van der Waals surface area contributed by atoms with Gasteiger partial charge >= 0.3 is 5.97 Å². The summed E-state index contributed by atoms with van der Waals surface area (Å²) in [6.45, 7) is 9.69. The Morgan fingerprint density at radius 2 is 2.05 bits per heavy atom. The highest BCUT2D eigenvalue weighted by Crippen LogP contribution is 2.29. The van der Waals surface area contributed by atoms with E-state index in [1.807, 2.05) is 6.92 Å². The van der Waals surface area contributed by atoms with Gasteiger partial charge in [-0.2, -0.15) is 0 Å². The fourth-order valence-corrected chi connectivity index (χ4v) is 2.84. The smallest absolute Gasteiger partial charge is 0.307 e. The molecular formula is C17H25NO3. The maximum atomic E-state index is 12.0. The normalized spacial score (nSPS) is 17.5. The van der Waals surface area contributed by atoms with Crippen LogP contribution in [-0.4, -0.2) is 43.8 Å². The van der Waals surface area contributed by atoms with Gasteiger partial charge in [0.1, 0.15) is 0 Å². The highest BCUT2D eigenvalue weighted by molar-refractivity contribution is 5.70. The molecule has 0 bridgehead atoms. The first-order chi connectivity index (χ1) is 10.1. The second kappa shape index (κ2) is 7.57. The molecule has 0 spiro atoms. The van der Waals surface area contributed by atoms with E-state index in [9.17, 15) is 4.79 Å².